The van der Waals surface area contributed by atoms with Crippen LogP contribution in [0.1, 0.15) is 19.3 Å². The minimum atomic E-state index is -0.307. The number of likely N-dealkylation sites (N-methyl/N-ethyl adjacent to an activating group) is 1. The van der Waals surface area contributed by atoms with E-state index in [1.807, 2.05) is 4.90 Å². The molecule has 0 saturated carbocycles. The summed E-state index contributed by atoms with van der Waals surface area (Å²) in [5.41, 5.74) is 0. The second kappa shape index (κ2) is 6.86. The molecule has 1 unspecified atom stereocenters. The molecule has 6 nitrogen and oxygen atoms in total. The van der Waals surface area contributed by atoms with Gasteiger partial charge in [-0.1, -0.05) is 0 Å². The summed E-state index contributed by atoms with van der Waals surface area (Å²) in [4.78, 5) is 27.7. The summed E-state index contributed by atoms with van der Waals surface area (Å²) in [5, 5.41) is 2.78. The van der Waals surface area contributed by atoms with Gasteiger partial charge in [-0.25, -0.2) is 0 Å². The summed E-state index contributed by atoms with van der Waals surface area (Å²) in [6, 6.07) is 0. The highest BCUT2D eigenvalue weighted by Crippen LogP contribution is 2.11. The third-order valence-corrected chi connectivity index (χ3v) is 3.72. The molecule has 108 valence electrons. The molecule has 2 fully saturated rings. The van der Waals surface area contributed by atoms with Crippen molar-refractivity contribution in [2.75, 3.05) is 46.4 Å². The van der Waals surface area contributed by atoms with Crippen molar-refractivity contribution in [3.63, 3.8) is 0 Å². The average Bonchev–Trinajstić information content (AvgIpc) is 2.93. The van der Waals surface area contributed by atoms with Gasteiger partial charge in [-0.05, 0) is 19.9 Å². The van der Waals surface area contributed by atoms with Crippen molar-refractivity contribution in [3.05, 3.63) is 0 Å². The first-order valence-electron chi connectivity index (χ1n) is 7.02. The lowest BCUT2D eigenvalue weighted by atomic mass is 10.2. The van der Waals surface area contributed by atoms with Gasteiger partial charge in [0.2, 0.25) is 11.8 Å². The van der Waals surface area contributed by atoms with Crippen LogP contribution < -0.4 is 5.32 Å². The van der Waals surface area contributed by atoms with Gasteiger partial charge in [0.05, 0.1) is 0 Å². The Morgan fingerprint density at radius 2 is 2.00 bits per heavy atom. The SMILES string of the molecule is CN1CCN(C(=O)CCNC(=O)C2CCCO2)CC1. The molecule has 1 N–H and O–H groups in total. The molecule has 2 rings (SSSR count). The minimum absolute atomic E-state index is 0.0799. The Morgan fingerprint density at radius 3 is 2.63 bits per heavy atom. The van der Waals surface area contributed by atoms with E-state index in [-0.39, 0.29) is 17.9 Å². The van der Waals surface area contributed by atoms with E-state index in [0.717, 1.165) is 39.0 Å². The van der Waals surface area contributed by atoms with Crippen LogP contribution >= 0.6 is 0 Å². The molecule has 0 aromatic rings. The Balaban J connectivity index is 1.62. The highest BCUT2D eigenvalue weighted by atomic mass is 16.5. The zero-order valence-electron chi connectivity index (χ0n) is 11.6. The van der Waals surface area contributed by atoms with Gasteiger partial charge in [0.25, 0.3) is 0 Å². The number of nitrogens with one attached hydrogen (secondary N) is 1. The Morgan fingerprint density at radius 1 is 1.26 bits per heavy atom. The predicted molar refractivity (Wildman–Crippen MR) is 70.7 cm³/mol. The van der Waals surface area contributed by atoms with Crippen LogP contribution in [0.4, 0.5) is 0 Å². The van der Waals surface area contributed by atoms with Crippen molar-refractivity contribution in [1.82, 2.24) is 15.1 Å². The molecule has 0 aromatic carbocycles. The van der Waals surface area contributed by atoms with Crippen molar-refractivity contribution in [2.24, 2.45) is 0 Å². The van der Waals surface area contributed by atoms with Crippen molar-refractivity contribution in [1.29, 1.82) is 0 Å². The van der Waals surface area contributed by atoms with Crippen LogP contribution in [-0.4, -0.2) is 74.1 Å². The number of ether oxygens (including phenoxy) is 1. The molecule has 6 heteroatoms. The van der Waals surface area contributed by atoms with E-state index in [9.17, 15) is 9.59 Å². The number of nitrogens with zero attached hydrogens (tertiary/aromatic N) is 2. The maximum atomic E-state index is 11.9. The molecule has 2 heterocycles. The van der Waals surface area contributed by atoms with Gasteiger partial charge < -0.3 is 19.9 Å². The minimum Gasteiger partial charge on any atom is -0.368 e. The van der Waals surface area contributed by atoms with Gasteiger partial charge >= 0.3 is 0 Å². The van der Waals surface area contributed by atoms with Gasteiger partial charge in [-0.2, -0.15) is 0 Å². The van der Waals surface area contributed by atoms with Crippen LogP contribution in [0.3, 0.4) is 0 Å². The second-order valence-corrected chi connectivity index (χ2v) is 5.23. The van der Waals surface area contributed by atoms with Crippen LogP contribution in [-0.2, 0) is 14.3 Å². The van der Waals surface area contributed by atoms with Crippen LogP contribution in [0.5, 0.6) is 0 Å². The maximum Gasteiger partial charge on any atom is 0.249 e. The summed E-state index contributed by atoms with van der Waals surface area (Å²) >= 11 is 0. The molecule has 2 aliphatic rings. The first kappa shape index (κ1) is 14.3. The monoisotopic (exact) mass is 269 g/mol. The molecule has 0 radical (unpaired) electrons. The van der Waals surface area contributed by atoms with Gasteiger partial charge in [0.15, 0.2) is 0 Å². The number of amides is 2. The van der Waals surface area contributed by atoms with Crippen LogP contribution in [0.15, 0.2) is 0 Å². The summed E-state index contributed by atoms with van der Waals surface area (Å²) in [5.74, 6) is 0.0458. The number of carbonyl (C=O) groups is 2. The first-order valence-corrected chi connectivity index (χ1v) is 7.02. The van der Waals surface area contributed by atoms with Crippen LogP contribution in [0.2, 0.25) is 0 Å². The number of piperazine rings is 1. The molecular weight excluding hydrogens is 246 g/mol. The molecule has 2 aliphatic heterocycles. The fraction of sp³-hybridized carbons (Fsp3) is 0.846. The van der Waals surface area contributed by atoms with E-state index in [1.54, 1.807) is 0 Å². The lowest BCUT2D eigenvalue weighted by Gasteiger charge is -2.32. The molecule has 0 aromatic heterocycles. The summed E-state index contributed by atoms with van der Waals surface area (Å²) in [6.07, 6.45) is 1.80. The van der Waals surface area contributed by atoms with E-state index in [4.69, 9.17) is 4.74 Å². The quantitative estimate of drug-likeness (QED) is 0.743. The number of hydrogen-bond acceptors (Lipinski definition) is 4. The zero-order valence-corrected chi connectivity index (χ0v) is 11.6. The van der Waals surface area contributed by atoms with E-state index in [0.29, 0.717) is 19.6 Å². The molecule has 0 aliphatic carbocycles. The molecule has 0 bridgehead atoms. The van der Waals surface area contributed by atoms with Gasteiger partial charge in [-0.15, -0.1) is 0 Å². The topological polar surface area (TPSA) is 61.9 Å². The van der Waals surface area contributed by atoms with Crippen LogP contribution in [0.25, 0.3) is 0 Å². The molecular formula is C13H23N3O3. The number of rotatable bonds is 4. The Hall–Kier alpha value is -1.14. The fourth-order valence-corrected chi connectivity index (χ4v) is 2.40. The molecule has 1 atom stereocenters. The smallest absolute Gasteiger partial charge is 0.249 e. The van der Waals surface area contributed by atoms with Crippen LogP contribution in [0, 0.1) is 0 Å². The third kappa shape index (κ3) is 4.18. The molecule has 2 saturated heterocycles. The Kier molecular flexibility index (Phi) is 5.15. The molecule has 0 spiro atoms. The normalized spacial score (nSPS) is 24.5. The lowest BCUT2D eigenvalue weighted by molar-refractivity contribution is -0.133. The highest BCUT2D eigenvalue weighted by Gasteiger charge is 2.24. The van der Waals surface area contributed by atoms with E-state index in [1.165, 1.54) is 0 Å². The predicted octanol–water partition coefficient (Wildman–Crippen LogP) is -0.554. The summed E-state index contributed by atoms with van der Waals surface area (Å²) in [7, 11) is 2.06. The van der Waals surface area contributed by atoms with Gasteiger partial charge in [0.1, 0.15) is 6.10 Å². The van der Waals surface area contributed by atoms with Crippen molar-refractivity contribution < 1.29 is 14.3 Å². The van der Waals surface area contributed by atoms with E-state index >= 15 is 0 Å². The van der Waals surface area contributed by atoms with E-state index in [2.05, 4.69) is 17.3 Å². The number of carbonyl (C=O) groups excluding carboxylic acids is 2. The highest BCUT2D eigenvalue weighted by molar-refractivity contribution is 5.82. The first-order chi connectivity index (χ1) is 9.16. The fourth-order valence-electron chi connectivity index (χ4n) is 2.40. The van der Waals surface area contributed by atoms with E-state index < -0.39 is 0 Å². The summed E-state index contributed by atoms with van der Waals surface area (Å²) < 4.78 is 5.29. The maximum absolute atomic E-state index is 11.9. The van der Waals surface area contributed by atoms with Crippen molar-refractivity contribution in [2.45, 2.75) is 25.4 Å². The summed E-state index contributed by atoms with van der Waals surface area (Å²) in [6.45, 7) is 4.49. The van der Waals surface area contributed by atoms with Gasteiger partial charge in [0, 0.05) is 45.8 Å². The van der Waals surface area contributed by atoms with Crippen molar-refractivity contribution in [3.8, 4) is 0 Å². The number of hydrogen-bond donors (Lipinski definition) is 1. The Bertz CT molecular complexity index is 321. The van der Waals surface area contributed by atoms with Crippen molar-refractivity contribution >= 4 is 11.8 Å². The standard InChI is InChI=1S/C13H23N3O3/c1-15-6-8-16(9-7-15)12(17)4-5-14-13(18)11-3-2-10-19-11/h11H,2-10H2,1H3,(H,14,18). The largest absolute Gasteiger partial charge is 0.368 e. The second-order valence-electron chi connectivity index (χ2n) is 5.23. The molecule has 19 heavy (non-hydrogen) atoms. The zero-order chi connectivity index (χ0) is 13.7. The third-order valence-electron chi connectivity index (χ3n) is 3.72. The lowest BCUT2D eigenvalue weighted by Crippen LogP contribution is -2.48. The Labute approximate surface area is 114 Å². The van der Waals surface area contributed by atoms with Gasteiger partial charge in [-0.3, -0.25) is 9.59 Å². The average molecular weight is 269 g/mol. The molecule has 2 amide bonds.